The molecule has 0 saturated heterocycles. The lowest BCUT2D eigenvalue weighted by molar-refractivity contribution is 1.18. The van der Waals surface area contributed by atoms with E-state index in [4.69, 9.17) is 0 Å². The molecule has 0 spiro atoms. The first-order valence-corrected chi connectivity index (χ1v) is 4.73. The predicted octanol–water partition coefficient (Wildman–Crippen LogP) is 2.99. The van der Waals surface area contributed by atoms with Crippen LogP contribution in [0.2, 0.25) is 0 Å². The first-order valence-electron chi connectivity index (χ1n) is 4.73. The van der Waals surface area contributed by atoms with Crippen molar-refractivity contribution in [2.75, 3.05) is 6.54 Å². The van der Waals surface area contributed by atoms with Gasteiger partial charge in [0.15, 0.2) is 0 Å². The minimum atomic E-state index is 0.777. The molecule has 1 heteroatoms. The van der Waals surface area contributed by atoms with Crippen LogP contribution in [-0.4, -0.2) is 12.3 Å². The first-order chi connectivity index (χ1) is 6.77. The summed E-state index contributed by atoms with van der Waals surface area (Å²) in [4.78, 5) is 4.47. The molecule has 0 atom stereocenters. The van der Waals surface area contributed by atoms with E-state index < -0.39 is 0 Å². The molecule has 1 aliphatic rings. The summed E-state index contributed by atoms with van der Waals surface area (Å²) in [6, 6.07) is 10.2. The fourth-order valence-electron chi connectivity index (χ4n) is 1.47. The molecule has 1 heterocycles. The maximum atomic E-state index is 4.47. The Kier molecular flexibility index (Phi) is 2.32. The minimum absolute atomic E-state index is 0.777. The van der Waals surface area contributed by atoms with Crippen LogP contribution in [0.25, 0.3) is 0 Å². The Morgan fingerprint density at radius 3 is 2.57 bits per heavy atom. The van der Waals surface area contributed by atoms with Crippen molar-refractivity contribution in [1.29, 1.82) is 0 Å². The molecule has 0 aliphatic carbocycles. The molecule has 0 N–H and O–H groups in total. The molecule has 14 heavy (non-hydrogen) atoms. The van der Waals surface area contributed by atoms with E-state index in [9.17, 15) is 0 Å². The smallest absolute Gasteiger partial charge is 0.0654 e. The average molecular weight is 183 g/mol. The van der Waals surface area contributed by atoms with Gasteiger partial charge in [0.2, 0.25) is 0 Å². The molecule has 0 bridgehead atoms. The van der Waals surface area contributed by atoms with E-state index in [1.807, 2.05) is 25.1 Å². The fraction of sp³-hybridized carbons (Fsp3) is 0.154. The second-order valence-corrected chi connectivity index (χ2v) is 3.52. The first kappa shape index (κ1) is 8.95. The van der Waals surface area contributed by atoms with Crippen LogP contribution in [0.5, 0.6) is 0 Å². The number of aliphatic imine (C=N–C) groups is 1. The summed E-state index contributed by atoms with van der Waals surface area (Å²) in [5.74, 6) is 0. The lowest BCUT2D eigenvalue weighted by atomic mass is 10.1. The van der Waals surface area contributed by atoms with Gasteiger partial charge < -0.3 is 0 Å². The SMILES string of the molecule is C=C(C)C1=CC(c2ccccc2)=NC1. The Bertz CT molecular complexity index is 410. The van der Waals surface area contributed by atoms with Crippen molar-refractivity contribution in [2.24, 2.45) is 4.99 Å². The Morgan fingerprint density at radius 2 is 2.00 bits per heavy atom. The van der Waals surface area contributed by atoms with Crippen molar-refractivity contribution in [3.05, 3.63) is 59.7 Å². The van der Waals surface area contributed by atoms with Crippen molar-refractivity contribution in [3.8, 4) is 0 Å². The number of rotatable bonds is 2. The zero-order valence-corrected chi connectivity index (χ0v) is 8.33. The van der Waals surface area contributed by atoms with Gasteiger partial charge in [-0.1, -0.05) is 42.5 Å². The zero-order chi connectivity index (χ0) is 9.97. The molecule has 0 radical (unpaired) electrons. The molecule has 0 unspecified atom stereocenters. The van der Waals surface area contributed by atoms with Gasteiger partial charge in [-0.2, -0.15) is 0 Å². The summed E-state index contributed by atoms with van der Waals surface area (Å²) < 4.78 is 0. The predicted molar refractivity (Wildman–Crippen MR) is 60.7 cm³/mol. The lowest BCUT2D eigenvalue weighted by Gasteiger charge is -1.96. The maximum Gasteiger partial charge on any atom is 0.0654 e. The zero-order valence-electron chi connectivity index (χ0n) is 8.33. The van der Waals surface area contributed by atoms with Gasteiger partial charge >= 0.3 is 0 Å². The van der Waals surface area contributed by atoms with Crippen LogP contribution >= 0.6 is 0 Å². The van der Waals surface area contributed by atoms with Crippen LogP contribution in [-0.2, 0) is 0 Å². The summed E-state index contributed by atoms with van der Waals surface area (Å²) in [6.07, 6.45) is 2.12. The highest BCUT2D eigenvalue weighted by Gasteiger charge is 2.09. The van der Waals surface area contributed by atoms with E-state index in [1.165, 1.54) is 11.1 Å². The number of benzene rings is 1. The fourth-order valence-corrected chi connectivity index (χ4v) is 1.47. The standard InChI is InChI=1S/C13H13N/c1-10(2)12-8-13(14-9-12)11-6-4-3-5-7-11/h3-8H,1,9H2,2H3. The van der Waals surface area contributed by atoms with Crippen LogP contribution in [0.15, 0.2) is 59.1 Å². The molecular weight excluding hydrogens is 170 g/mol. The average Bonchev–Trinajstić information content (AvgIpc) is 2.68. The highest BCUT2D eigenvalue weighted by atomic mass is 14.8. The summed E-state index contributed by atoms with van der Waals surface area (Å²) in [5, 5.41) is 0. The molecule has 1 aromatic rings. The monoisotopic (exact) mass is 183 g/mol. The van der Waals surface area contributed by atoms with Crippen molar-refractivity contribution in [2.45, 2.75) is 6.92 Å². The second kappa shape index (κ2) is 3.62. The Balaban J connectivity index is 2.28. The van der Waals surface area contributed by atoms with Crippen LogP contribution in [0.4, 0.5) is 0 Å². The summed E-state index contributed by atoms with van der Waals surface area (Å²) in [5.41, 5.74) is 4.61. The van der Waals surface area contributed by atoms with E-state index in [0.717, 1.165) is 17.8 Å². The lowest BCUT2D eigenvalue weighted by Crippen LogP contribution is -1.92. The van der Waals surface area contributed by atoms with Gasteiger partial charge in [-0.3, -0.25) is 4.99 Å². The van der Waals surface area contributed by atoms with Gasteiger partial charge in [-0.15, -0.1) is 0 Å². The van der Waals surface area contributed by atoms with Gasteiger partial charge in [0.05, 0.1) is 12.3 Å². The van der Waals surface area contributed by atoms with Crippen LogP contribution < -0.4 is 0 Å². The molecule has 0 aromatic heterocycles. The van der Waals surface area contributed by atoms with Crippen LogP contribution in [0.3, 0.4) is 0 Å². The van der Waals surface area contributed by atoms with E-state index in [-0.39, 0.29) is 0 Å². The highest BCUT2D eigenvalue weighted by Crippen LogP contribution is 2.16. The summed E-state index contributed by atoms with van der Waals surface area (Å²) >= 11 is 0. The van der Waals surface area contributed by atoms with Gasteiger partial charge in [0.1, 0.15) is 0 Å². The summed E-state index contributed by atoms with van der Waals surface area (Å²) in [6.45, 7) is 6.72. The molecule has 2 rings (SSSR count). The largest absolute Gasteiger partial charge is 0.280 e. The van der Waals surface area contributed by atoms with E-state index >= 15 is 0 Å². The molecule has 0 fully saturated rings. The summed E-state index contributed by atoms with van der Waals surface area (Å²) in [7, 11) is 0. The molecule has 0 amide bonds. The van der Waals surface area contributed by atoms with Crippen LogP contribution in [0.1, 0.15) is 12.5 Å². The van der Waals surface area contributed by atoms with E-state index in [0.29, 0.717) is 0 Å². The molecule has 1 aliphatic heterocycles. The van der Waals surface area contributed by atoms with Crippen LogP contribution in [0, 0.1) is 0 Å². The minimum Gasteiger partial charge on any atom is -0.280 e. The number of hydrogen-bond acceptors (Lipinski definition) is 1. The third-order valence-electron chi connectivity index (χ3n) is 2.35. The Hall–Kier alpha value is -1.63. The Morgan fingerprint density at radius 1 is 1.29 bits per heavy atom. The molecule has 1 aromatic carbocycles. The Labute approximate surface area is 84.5 Å². The van der Waals surface area contributed by atoms with Crippen molar-refractivity contribution < 1.29 is 0 Å². The molecular formula is C13H13N. The van der Waals surface area contributed by atoms with Crippen molar-refractivity contribution >= 4 is 5.71 Å². The second-order valence-electron chi connectivity index (χ2n) is 3.52. The number of nitrogens with zero attached hydrogens (tertiary/aromatic N) is 1. The maximum absolute atomic E-state index is 4.47. The van der Waals surface area contributed by atoms with Gasteiger partial charge in [-0.05, 0) is 24.1 Å². The molecule has 1 nitrogen and oxygen atoms in total. The number of allylic oxidation sites excluding steroid dienone is 1. The van der Waals surface area contributed by atoms with E-state index in [1.54, 1.807) is 0 Å². The van der Waals surface area contributed by atoms with Gasteiger partial charge in [0.25, 0.3) is 0 Å². The number of hydrogen-bond donors (Lipinski definition) is 0. The topological polar surface area (TPSA) is 12.4 Å². The third kappa shape index (κ3) is 1.67. The molecule has 70 valence electrons. The van der Waals surface area contributed by atoms with Crippen molar-refractivity contribution in [3.63, 3.8) is 0 Å². The van der Waals surface area contributed by atoms with Crippen molar-refractivity contribution in [1.82, 2.24) is 0 Å². The van der Waals surface area contributed by atoms with Gasteiger partial charge in [0, 0.05) is 0 Å². The van der Waals surface area contributed by atoms with E-state index in [2.05, 4.69) is 29.8 Å². The normalized spacial score (nSPS) is 14.9. The quantitative estimate of drug-likeness (QED) is 0.668. The molecule has 0 saturated carbocycles. The highest BCUT2D eigenvalue weighted by molar-refractivity contribution is 6.10. The third-order valence-corrected chi connectivity index (χ3v) is 2.35. The van der Waals surface area contributed by atoms with Gasteiger partial charge in [-0.25, -0.2) is 0 Å².